The predicted octanol–water partition coefficient (Wildman–Crippen LogP) is 5.85. The highest BCUT2D eigenvalue weighted by Crippen LogP contribution is 2.39. The highest BCUT2D eigenvalue weighted by Gasteiger charge is 2.29. The van der Waals surface area contributed by atoms with Crippen LogP contribution in [0.25, 0.3) is 0 Å². The van der Waals surface area contributed by atoms with E-state index in [1.807, 2.05) is 24.3 Å². The third-order valence-corrected chi connectivity index (χ3v) is 5.90. The summed E-state index contributed by atoms with van der Waals surface area (Å²) in [5.74, 6) is -0.840. The summed E-state index contributed by atoms with van der Waals surface area (Å²) in [4.78, 5) is 24.3. The molecule has 0 bridgehead atoms. The topological polar surface area (TPSA) is 109 Å². The Hall–Kier alpha value is -4.31. The van der Waals surface area contributed by atoms with Gasteiger partial charge in [-0.3, -0.25) is 9.59 Å². The van der Waals surface area contributed by atoms with Crippen molar-refractivity contribution < 1.29 is 24.2 Å². The molecule has 178 valence electrons. The lowest BCUT2D eigenvalue weighted by atomic mass is 9.87. The van der Waals surface area contributed by atoms with E-state index in [1.54, 1.807) is 30.3 Å². The maximum absolute atomic E-state index is 12.7. The number of fused-ring (bicyclic) bond motifs is 1. The number of nitrogens with one attached hydrogen (secondary N) is 1. The molecule has 1 amide bonds. The molecule has 0 radical (unpaired) electrons. The van der Waals surface area contributed by atoms with Gasteiger partial charge in [0.05, 0.1) is 18.1 Å². The van der Waals surface area contributed by atoms with Gasteiger partial charge < -0.3 is 19.9 Å². The summed E-state index contributed by atoms with van der Waals surface area (Å²) >= 11 is 0. The molecule has 4 rings (SSSR count). The monoisotopic (exact) mass is 470 g/mol. The van der Waals surface area contributed by atoms with Gasteiger partial charge in [-0.15, -0.1) is 0 Å². The van der Waals surface area contributed by atoms with Gasteiger partial charge in [0.1, 0.15) is 23.3 Å². The third kappa shape index (κ3) is 5.28. The zero-order valence-electron chi connectivity index (χ0n) is 19.8. The van der Waals surface area contributed by atoms with Crippen LogP contribution in [0.3, 0.4) is 0 Å². The number of ether oxygens (including phenoxy) is 2. The van der Waals surface area contributed by atoms with E-state index in [0.717, 1.165) is 11.3 Å². The third-order valence-electron chi connectivity index (χ3n) is 5.90. The molecule has 0 aliphatic carbocycles. The number of carbonyl (C=O) groups excluding carboxylic acids is 1. The fraction of sp³-hybridized carbons (Fsp3) is 0.250. The van der Waals surface area contributed by atoms with Gasteiger partial charge >= 0.3 is 5.97 Å². The van der Waals surface area contributed by atoms with Crippen molar-refractivity contribution in [2.75, 3.05) is 11.9 Å². The summed E-state index contributed by atoms with van der Waals surface area (Å²) in [6.07, 6.45) is 0.345. The van der Waals surface area contributed by atoms with Gasteiger partial charge in [-0.2, -0.15) is 5.26 Å². The molecule has 7 heteroatoms. The minimum Gasteiger partial charge on any atom is -0.493 e. The SMILES string of the molecule is CC(C)(C)c1cccc(NC(=O)c2ccc(Oc3cc4c(cc3C#N)C(C(=O)O)CCO4)cc2)c1. The molecule has 2 N–H and O–H groups in total. The molecule has 1 aliphatic heterocycles. The van der Waals surface area contributed by atoms with Crippen molar-refractivity contribution in [1.29, 1.82) is 5.26 Å². The lowest BCUT2D eigenvalue weighted by Crippen LogP contribution is -2.21. The van der Waals surface area contributed by atoms with Gasteiger partial charge in [-0.1, -0.05) is 32.9 Å². The number of aliphatic carboxylic acids is 1. The molecule has 0 aromatic heterocycles. The Kier molecular flexibility index (Phi) is 6.48. The highest BCUT2D eigenvalue weighted by molar-refractivity contribution is 6.04. The largest absolute Gasteiger partial charge is 0.493 e. The van der Waals surface area contributed by atoms with Crippen LogP contribution in [0.2, 0.25) is 0 Å². The zero-order valence-corrected chi connectivity index (χ0v) is 19.8. The van der Waals surface area contributed by atoms with Crippen LogP contribution < -0.4 is 14.8 Å². The molecule has 35 heavy (non-hydrogen) atoms. The molecular weight excluding hydrogens is 444 g/mol. The smallest absolute Gasteiger partial charge is 0.311 e. The van der Waals surface area contributed by atoms with Gasteiger partial charge in [0, 0.05) is 22.9 Å². The number of nitriles is 1. The van der Waals surface area contributed by atoms with Crippen LogP contribution in [0.5, 0.6) is 17.2 Å². The number of carboxylic acid groups (broad SMARTS) is 1. The van der Waals surface area contributed by atoms with Crippen molar-refractivity contribution >= 4 is 17.6 Å². The van der Waals surface area contributed by atoms with E-state index in [0.29, 0.717) is 29.0 Å². The van der Waals surface area contributed by atoms with Gasteiger partial charge in [0.25, 0.3) is 5.91 Å². The van der Waals surface area contributed by atoms with Crippen LogP contribution in [0.1, 0.15) is 60.2 Å². The minimum atomic E-state index is -0.953. The molecule has 1 aliphatic rings. The Morgan fingerprint density at radius 3 is 2.51 bits per heavy atom. The maximum Gasteiger partial charge on any atom is 0.311 e. The Morgan fingerprint density at radius 1 is 1.11 bits per heavy atom. The number of nitrogens with zero attached hydrogens (tertiary/aromatic N) is 1. The normalized spacial score (nSPS) is 14.7. The van der Waals surface area contributed by atoms with Crippen molar-refractivity contribution in [1.82, 2.24) is 0 Å². The fourth-order valence-corrected chi connectivity index (χ4v) is 3.91. The van der Waals surface area contributed by atoms with E-state index in [-0.39, 0.29) is 29.2 Å². The van der Waals surface area contributed by atoms with Crippen molar-refractivity contribution in [2.24, 2.45) is 0 Å². The first-order valence-electron chi connectivity index (χ1n) is 11.3. The van der Waals surface area contributed by atoms with E-state index in [2.05, 4.69) is 32.2 Å². The summed E-state index contributed by atoms with van der Waals surface area (Å²) < 4.78 is 11.5. The quantitative estimate of drug-likeness (QED) is 0.484. The van der Waals surface area contributed by atoms with Crippen LogP contribution in [0.4, 0.5) is 5.69 Å². The number of amides is 1. The molecule has 3 aromatic rings. The molecule has 0 spiro atoms. The first-order valence-corrected chi connectivity index (χ1v) is 11.3. The lowest BCUT2D eigenvalue weighted by Gasteiger charge is -2.24. The lowest BCUT2D eigenvalue weighted by molar-refractivity contribution is -0.139. The molecule has 3 aromatic carbocycles. The number of carbonyl (C=O) groups is 2. The predicted molar refractivity (Wildman–Crippen MR) is 131 cm³/mol. The molecule has 1 unspecified atom stereocenters. The summed E-state index contributed by atoms with van der Waals surface area (Å²) in [5.41, 5.74) is 2.94. The summed E-state index contributed by atoms with van der Waals surface area (Å²) in [7, 11) is 0. The van der Waals surface area contributed by atoms with Crippen LogP contribution >= 0.6 is 0 Å². The summed E-state index contributed by atoms with van der Waals surface area (Å²) in [6, 6.07) is 19.4. The van der Waals surface area contributed by atoms with E-state index in [1.165, 1.54) is 6.07 Å². The first-order chi connectivity index (χ1) is 16.7. The fourth-order valence-electron chi connectivity index (χ4n) is 3.91. The van der Waals surface area contributed by atoms with E-state index in [9.17, 15) is 20.0 Å². The summed E-state index contributed by atoms with van der Waals surface area (Å²) in [5, 5.41) is 22.0. The Labute approximate surface area is 203 Å². The highest BCUT2D eigenvalue weighted by atomic mass is 16.5. The second kappa shape index (κ2) is 9.51. The number of carboxylic acids is 1. The molecule has 1 atom stereocenters. The number of benzene rings is 3. The van der Waals surface area contributed by atoms with Crippen molar-refractivity contribution in [3.05, 3.63) is 82.9 Å². The van der Waals surface area contributed by atoms with Gasteiger partial charge in [-0.05, 0) is 59.9 Å². The van der Waals surface area contributed by atoms with Gasteiger partial charge in [-0.25, -0.2) is 0 Å². The average molecular weight is 471 g/mol. The number of rotatable bonds is 5. The second-order valence-corrected chi connectivity index (χ2v) is 9.44. The van der Waals surface area contributed by atoms with Gasteiger partial charge in [0.15, 0.2) is 0 Å². The van der Waals surface area contributed by atoms with E-state index >= 15 is 0 Å². The second-order valence-electron chi connectivity index (χ2n) is 9.44. The van der Waals surface area contributed by atoms with Crippen molar-refractivity contribution in [2.45, 2.75) is 38.5 Å². The molecule has 0 fully saturated rings. The van der Waals surface area contributed by atoms with E-state index < -0.39 is 11.9 Å². The molecule has 0 saturated carbocycles. The van der Waals surface area contributed by atoms with Gasteiger partial charge in [0.2, 0.25) is 0 Å². The molecule has 0 saturated heterocycles. The van der Waals surface area contributed by atoms with Crippen LogP contribution in [0, 0.1) is 11.3 Å². The van der Waals surface area contributed by atoms with Crippen molar-refractivity contribution in [3.8, 4) is 23.3 Å². The Morgan fingerprint density at radius 2 is 1.86 bits per heavy atom. The number of hydrogen-bond acceptors (Lipinski definition) is 5. The van der Waals surface area contributed by atoms with Crippen LogP contribution in [-0.2, 0) is 10.2 Å². The van der Waals surface area contributed by atoms with Crippen molar-refractivity contribution in [3.63, 3.8) is 0 Å². The van der Waals surface area contributed by atoms with Crippen LogP contribution in [-0.4, -0.2) is 23.6 Å². The van der Waals surface area contributed by atoms with E-state index in [4.69, 9.17) is 9.47 Å². The summed E-state index contributed by atoms with van der Waals surface area (Å²) in [6.45, 7) is 6.62. The Bertz CT molecular complexity index is 1320. The zero-order chi connectivity index (χ0) is 25.2. The molecule has 7 nitrogen and oxygen atoms in total. The standard InChI is InChI=1S/C28H26N2O5/c1-28(2,3)19-5-4-6-20(14-19)30-26(31)17-7-9-21(10-8-17)35-24-15-25-23(13-18(24)16-29)22(27(32)33)11-12-34-25/h4-10,13-15,22H,11-12H2,1-3H3,(H,30,31)(H,32,33). The Balaban J connectivity index is 1.51. The minimum absolute atomic E-state index is 0.0295. The maximum atomic E-state index is 12.7. The molecule has 1 heterocycles. The van der Waals surface area contributed by atoms with Crippen LogP contribution in [0.15, 0.2) is 60.7 Å². The average Bonchev–Trinajstić information content (AvgIpc) is 2.83. The molecular formula is C28H26N2O5. The number of hydrogen-bond donors (Lipinski definition) is 2. The first kappa shape index (κ1) is 23.8. The number of anilines is 1.